The van der Waals surface area contributed by atoms with Gasteiger partial charge in [0, 0.05) is 6.54 Å². The third-order valence-corrected chi connectivity index (χ3v) is 2.09. The van der Waals surface area contributed by atoms with Gasteiger partial charge < -0.3 is 10.8 Å². The number of amides is 1. The second-order valence-electron chi connectivity index (χ2n) is 4.32. The van der Waals surface area contributed by atoms with Crippen LogP contribution < -0.4 is 5.73 Å². The first-order valence-corrected chi connectivity index (χ1v) is 4.90. The van der Waals surface area contributed by atoms with Gasteiger partial charge >= 0.3 is 5.97 Å². The summed E-state index contributed by atoms with van der Waals surface area (Å²) >= 11 is 0. The van der Waals surface area contributed by atoms with Gasteiger partial charge in [0.15, 0.2) is 0 Å². The van der Waals surface area contributed by atoms with Crippen LogP contribution in [-0.2, 0) is 9.59 Å². The van der Waals surface area contributed by atoms with Crippen LogP contribution in [0.1, 0.15) is 20.3 Å². The van der Waals surface area contributed by atoms with E-state index >= 15 is 0 Å². The SMILES string of the molecule is CC(C)(C#N)CCN(CC(N)=O)CC(=O)O. The molecule has 0 rings (SSSR count). The van der Waals surface area contributed by atoms with Crippen LogP contribution in [0.5, 0.6) is 0 Å². The summed E-state index contributed by atoms with van der Waals surface area (Å²) in [6.45, 7) is 3.53. The smallest absolute Gasteiger partial charge is 0.317 e. The molecule has 16 heavy (non-hydrogen) atoms. The van der Waals surface area contributed by atoms with Gasteiger partial charge in [-0.2, -0.15) is 5.26 Å². The number of nitriles is 1. The van der Waals surface area contributed by atoms with Gasteiger partial charge in [-0.3, -0.25) is 14.5 Å². The normalized spacial score (nSPS) is 11.1. The summed E-state index contributed by atoms with van der Waals surface area (Å²) in [5, 5.41) is 17.4. The second-order valence-corrected chi connectivity index (χ2v) is 4.32. The molecule has 1 amide bonds. The zero-order valence-corrected chi connectivity index (χ0v) is 9.56. The number of hydrogen-bond donors (Lipinski definition) is 2. The molecule has 0 saturated carbocycles. The summed E-state index contributed by atoms with van der Waals surface area (Å²) in [5.41, 5.74) is 4.47. The van der Waals surface area contributed by atoms with Gasteiger partial charge in [0.25, 0.3) is 0 Å². The van der Waals surface area contributed by atoms with Crippen molar-refractivity contribution in [1.82, 2.24) is 4.90 Å². The lowest BCUT2D eigenvalue weighted by atomic mass is 9.91. The van der Waals surface area contributed by atoms with Crippen molar-refractivity contribution >= 4 is 11.9 Å². The summed E-state index contributed by atoms with van der Waals surface area (Å²) in [6.07, 6.45) is 0.490. The molecule has 0 aliphatic rings. The number of nitrogens with zero attached hydrogens (tertiary/aromatic N) is 2. The van der Waals surface area contributed by atoms with Gasteiger partial charge in [0.1, 0.15) is 0 Å². The minimum atomic E-state index is -1.02. The molecule has 0 radical (unpaired) electrons. The van der Waals surface area contributed by atoms with Gasteiger partial charge in [-0.25, -0.2) is 0 Å². The van der Waals surface area contributed by atoms with E-state index < -0.39 is 17.3 Å². The maximum atomic E-state index is 10.7. The van der Waals surface area contributed by atoms with E-state index in [9.17, 15) is 9.59 Å². The number of carboxylic acids is 1. The average molecular weight is 227 g/mol. The number of hydrogen-bond acceptors (Lipinski definition) is 4. The zero-order valence-electron chi connectivity index (χ0n) is 9.56. The lowest BCUT2D eigenvalue weighted by Crippen LogP contribution is -2.39. The van der Waals surface area contributed by atoms with E-state index in [2.05, 4.69) is 6.07 Å². The fourth-order valence-electron chi connectivity index (χ4n) is 1.12. The molecule has 3 N–H and O–H groups in total. The van der Waals surface area contributed by atoms with Crippen molar-refractivity contribution in [2.45, 2.75) is 20.3 Å². The summed E-state index contributed by atoms with van der Waals surface area (Å²) in [7, 11) is 0. The third-order valence-electron chi connectivity index (χ3n) is 2.09. The van der Waals surface area contributed by atoms with Crippen LogP contribution in [0.25, 0.3) is 0 Å². The molecule has 90 valence electrons. The number of nitrogens with two attached hydrogens (primary N) is 1. The molecule has 0 aromatic heterocycles. The van der Waals surface area contributed by atoms with Gasteiger partial charge in [-0.1, -0.05) is 0 Å². The Hall–Kier alpha value is -1.61. The van der Waals surface area contributed by atoms with Crippen molar-refractivity contribution in [1.29, 1.82) is 5.26 Å². The third kappa shape index (κ3) is 6.79. The van der Waals surface area contributed by atoms with Crippen molar-refractivity contribution in [3.63, 3.8) is 0 Å². The zero-order chi connectivity index (χ0) is 12.8. The van der Waals surface area contributed by atoms with E-state index in [-0.39, 0.29) is 13.1 Å². The number of aliphatic carboxylic acids is 1. The number of rotatable bonds is 7. The Kier molecular flexibility index (Phi) is 5.47. The highest BCUT2D eigenvalue weighted by Gasteiger charge is 2.20. The van der Waals surface area contributed by atoms with Gasteiger partial charge in [-0.05, 0) is 20.3 Å². The highest BCUT2D eigenvalue weighted by molar-refractivity contribution is 5.77. The Morgan fingerprint density at radius 2 is 2.00 bits per heavy atom. The minimum absolute atomic E-state index is 0.103. The van der Waals surface area contributed by atoms with Gasteiger partial charge in [0.05, 0.1) is 24.6 Å². The Bertz CT molecular complexity index is 291. The summed E-state index contributed by atoms with van der Waals surface area (Å²) in [4.78, 5) is 22.7. The highest BCUT2D eigenvalue weighted by atomic mass is 16.4. The number of carbonyl (C=O) groups excluding carboxylic acids is 1. The van der Waals surface area contributed by atoms with Crippen molar-refractivity contribution < 1.29 is 14.7 Å². The molecule has 0 aliphatic heterocycles. The van der Waals surface area contributed by atoms with Crippen LogP contribution in [0, 0.1) is 16.7 Å². The largest absolute Gasteiger partial charge is 0.480 e. The predicted octanol–water partition coefficient (Wildman–Crippen LogP) is -0.202. The number of primary amides is 1. The molecule has 0 aliphatic carbocycles. The molecule has 0 aromatic rings. The Labute approximate surface area is 94.6 Å². The molecule has 0 unspecified atom stereocenters. The fraction of sp³-hybridized carbons (Fsp3) is 0.700. The van der Waals surface area contributed by atoms with E-state index in [4.69, 9.17) is 16.1 Å². The van der Waals surface area contributed by atoms with Crippen LogP contribution in [0.4, 0.5) is 0 Å². The number of carboxylic acid groups (broad SMARTS) is 1. The van der Waals surface area contributed by atoms with Crippen molar-refractivity contribution in [2.24, 2.45) is 11.1 Å². The maximum Gasteiger partial charge on any atom is 0.317 e. The van der Waals surface area contributed by atoms with Crippen molar-refractivity contribution in [3.05, 3.63) is 0 Å². The molecule has 0 aromatic carbocycles. The highest BCUT2D eigenvalue weighted by Crippen LogP contribution is 2.18. The monoisotopic (exact) mass is 227 g/mol. The van der Waals surface area contributed by atoms with Crippen LogP contribution >= 0.6 is 0 Å². The number of carbonyl (C=O) groups is 2. The molecule has 6 heteroatoms. The Morgan fingerprint density at radius 3 is 2.38 bits per heavy atom. The minimum Gasteiger partial charge on any atom is -0.480 e. The Balaban J connectivity index is 4.27. The average Bonchev–Trinajstić information content (AvgIpc) is 2.13. The molecule has 0 spiro atoms. The van der Waals surface area contributed by atoms with Crippen LogP contribution in [-0.4, -0.2) is 41.5 Å². The first kappa shape index (κ1) is 14.4. The molecular weight excluding hydrogens is 210 g/mol. The lowest BCUT2D eigenvalue weighted by Gasteiger charge is -2.22. The predicted molar refractivity (Wildman–Crippen MR) is 57.3 cm³/mol. The Morgan fingerprint density at radius 1 is 1.44 bits per heavy atom. The molecule has 0 bridgehead atoms. The molecule has 0 atom stereocenters. The first-order chi connectivity index (χ1) is 7.26. The fourth-order valence-corrected chi connectivity index (χ4v) is 1.12. The maximum absolute atomic E-state index is 10.7. The summed E-state index contributed by atoms with van der Waals surface area (Å²) in [6, 6.07) is 2.11. The summed E-state index contributed by atoms with van der Waals surface area (Å²) < 4.78 is 0. The van der Waals surface area contributed by atoms with Crippen LogP contribution in [0.3, 0.4) is 0 Å². The van der Waals surface area contributed by atoms with E-state index in [0.717, 1.165) is 0 Å². The van der Waals surface area contributed by atoms with E-state index in [1.807, 2.05) is 0 Å². The van der Waals surface area contributed by atoms with Crippen LogP contribution in [0.2, 0.25) is 0 Å². The molecule has 0 heterocycles. The second kappa shape index (κ2) is 6.08. The van der Waals surface area contributed by atoms with Gasteiger partial charge in [0.2, 0.25) is 5.91 Å². The summed E-state index contributed by atoms with van der Waals surface area (Å²) in [5.74, 6) is -1.59. The standard InChI is InChI=1S/C10H17N3O3/c1-10(2,7-11)3-4-13(5-8(12)14)6-9(15)16/h3-6H2,1-2H3,(H2,12,14)(H,15,16). The van der Waals surface area contributed by atoms with Crippen molar-refractivity contribution in [2.75, 3.05) is 19.6 Å². The van der Waals surface area contributed by atoms with E-state index in [0.29, 0.717) is 13.0 Å². The lowest BCUT2D eigenvalue weighted by molar-refractivity contribution is -0.138. The quantitative estimate of drug-likeness (QED) is 0.626. The molecular formula is C10H17N3O3. The van der Waals surface area contributed by atoms with Crippen molar-refractivity contribution in [3.8, 4) is 6.07 Å². The van der Waals surface area contributed by atoms with Crippen LogP contribution in [0.15, 0.2) is 0 Å². The topological polar surface area (TPSA) is 107 Å². The van der Waals surface area contributed by atoms with E-state index in [1.165, 1.54) is 4.90 Å². The molecule has 0 saturated heterocycles. The first-order valence-electron chi connectivity index (χ1n) is 4.90. The van der Waals surface area contributed by atoms with E-state index in [1.54, 1.807) is 13.8 Å². The van der Waals surface area contributed by atoms with Gasteiger partial charge in [-0.15, -0.1) is 0 Å². The molecule has 0 fully saturated rings. The molecule has 6 nitrogen and oxygen atoms in total.